The molecular weight excluding hydrogens is 739 g/mol. The van der Waals surface area contributed by atoms with Crippen LogP contribution in [-0.2, 0) is 14.3 Å². The smallest absolute Gasteiger partial charge is 0.249 e. The molecule has 1 aliphatic heterocycles. The summed E-state index contributed by atoms with van der Waals surface area (Å²) in [6.45, 7) is 3.43. The summed E-state index contributed by atoms with van der Waals surface area (Å²) in [5.74, 6) is -0.705. The highest BCUT2D eigenvalue weighted by molar-refractivity contribution is 5.80. The second-order valence-corrected chi connectivity index (χ2v) is 17.2. The first-order valence-corrected chi connectivity index (χ1v) is 24.1. The largest absolute Gasteiger partial charge is 0.394 e. The van der Waals surface area contributed by atoms with Gasteiger partial charge in [-0.25, -0.2) is 0 Å². The average molecular weight is 830 g/mol. The normalized spacial score (nSPS) is 22.0. The Bertz CT molecular complexity index is 954. The van der Waals surface area contributed by atoms with Crippen LogP contribution in [0.1, 0.15) is 213 Å². The number of allylic oxidation sites excluding steroid dienone is 2. The molecule has 0 bridgehead atoms. The van der Waals surface area contributed by atoms with E-state index in [1.54, 1.807) is 0 Å². The summed E-state index contributed by atoms with van der Waals surface area (Å²) in [7, 11) is 0. The Morgan fingerprint density at radius 3 is 1.48 bits per heavy atom. The third-order valence-corrected chi connectivity index (χ3v) is 11.8. The highest BCUT2D eigenvalue weighted by Crippen LogP contribution is 2.23. The van der Waals surface area contributed by atoms with Crippen molar-refractivity contribution in [2.45, 2.75) is 268 Å². The zero-order chi connectivity index (χ0) is 42.6. The van der Waals surface area contributed by atoms with Crippen molar-refractivity contribution in [3.8, 4) is 0 Å². The van der Waals surface area contributed by atoms with Crippen molar-refractivity contribution in [3.05, 3.63) is 12.2 Å². The number of rotatable bonds is 40. The zero-order valence-corrected chi connectivity index (χ0v) is 37.0. The lowest BCUT2D eigenvalue weighted by Crippen LogP contribution is -2.60. The summed E-state index contributed by atoms with van der Waals surface area (Å²) in [5, 5.41) is 75.7. The lowest BCUT2D eigenvalue weighted by molar-refractivity contribution is -0.303. The van der Waals surface area contributed by atoms with Gasteiger partial charge in [0.25, 0.3) is 0 Å². The summed E-state index contributed by atoms with van der Waals surface area (Å²) < 4.78 is 11.1. The molecule has 11 nitrogen and oxygen atoms in total. The maximum atomic E-state index is 13.1. The molecule has 1 aliphatic rings. The first-order chi connectivity index (χ1) is 28.2. The Labute approximate surface area is 353 Å². The molecule has 1 saturated heterocycles. The van der Waals surface area contributed by atoms with Gasteiger partial charge in [0, 0.05) is 0 Å². The number of ether oxygens (including phenoxy) is 2. The minimum absolute atomic E-state index is 0.258. The van der Waals surface area contributed by atoms with Gasteiger partial charge >= 0.3 is 0 Å². The van der Waals surface area contributed by atoms with Gasteiger partial charge in [-0.15, -0.1) is 0 Å². The standard InChI is InChI=1S/C47H91NO10/c1-3-5-7-9-11-13-15-17-18-19-20-21-23-24-26-28-30-32-34-39(50)42(52)38(37-57-47-45(55)44(54)43(53)41(36-49)58-47)48-46(56)40(51)35-33-31-29-27-25-22-16-14-12-10-8-6-4-2/h26,28,38-45,47,49-55H,3-25,27,29-37H2,1-2H3,(H,48,56)/b28-26+. The van der Waals surface area contributed by atoms with Crippen molar-refractivity contribution in [1.29, 1.82) is 0 Å². The van der Waals surface area contributed by atoms with E-state index in [0.717, 1.165) is 38.5 Å². The van der Waals surface area contributed by atoms with Crippen LogP contribution in [0.5, 0.6) is 0 Å². The van der Waals surface area contributed by atoms with E-state index in [1.807, 2.05) is 0 Å². The van der Waals surface area contributed by atoms with Crippen molar-refractivity contribution < 1.29 is 50.0 Å². The maximum Gasteiger partial charge on any atom is 0.249 e. The minimum Gasteiger partial charge on any atom is -0.394 e. The first-order valence-electron chi connectivity index (χ1n) is 24.1. The van der Waals surface area contributed by atoms with E-state index in [9.17, 15) is 40.5 Å². The Balaban J connectivity index is 2.45. The minimum atomic E-state index is -1.66. The monoisotopic (exact) mass is 830 g/mol. The molecule has 9 atom stereocenters. The van der Waals surface area contributed by atoms with Crippen molar-refractivity contribution in [1.82, 2.24) is 5.32 Å². The molecule has 0 spiro atoms. The third-order valence-electron chi connectivity index (χ3n) is 11.8. The number of hydrogen-bond donors (Lipinski definition) is 8. The van der Waals surface area contributed by atoms with Gasteiger partial charge in [-0.05, 0) is 38.5 Å². The number of carbonyl (C=O) groups excluding carboxylic acids is 1. The Kier molecular flexibility index (Phi) is 35.6. The number of nitrogens with one attached hydrogen (secondary N) is 1. The molecule has 0 radical (unpaired) electrons. The van der Waals surface area contributed by atoms with Gasteiger partial charge in [-0.3, -0.25) is 4.79 Å². The van der Waals surface area contributed by atoms with Gasteiger partial charge in [0.05, 0.1) is 25.4 Å². The molecule has 58 heavy (non-hydrogen) atoms. The number of aliphatic hydroxyl groups excluding tert-OH is 7. The second-order valence-electron chi connectivity index (χ2n) is 17.2. The first kappa shape index (κ1) is 54.9. The quantitative estimate of drug-likeness (QED) is 0.0222. The topological polar surface area (TPSA) is 189 Å². The molecule has 0 saturated carbocycles. The van der Waals surface area contributed by atoms with Crippen LogP contribution in [0.4, 0.5) is 0 Å². The fourth-order valence-electron chi connectivity index (χ4n) is 7.79. The molecular formula is C47H91NO10. The molecule has 8 N–H and O–H groups in total. The van der Waals surface area contributed by atoms with Crippen molar-refractivity contribution in [2.24, 2.45) is 0 Å². The van der Waals surface area contributed by atoms with Crippen LogP contribution in [0.25, 0.3) is 0 Å². The van der Waals surface area contributed by atoms with Gasteiger partial charge in [0.2, 0.25) is 5.91 Å². The van der Waals surface area contributed by atoms with Crippen LogP contribution < -0.4 is 5.32 Å². The second kappa shape index (κ2) is 37.6. The highest BCUT2D eigenvalue weighted by atomic mass is 16.7. The van der Waals surface area contributed by atoms with Crippen LogP contribution >= 0.6 is 0 Å². The van der Waals surface area contributed by atoms with Crippen LogP contribution in [0, 0.1) is 0 Å². The molecule has 0 aromatic rings. The Hall–Kier alpha value is -1.15. The Morgan fingerprint density at radius 2 is 1.02 bits per heavy atom. The zero-order valence-electron chi connectivity index (χ0n) is 37.0. The molecule has 11 heteroatoms. The summed E-state index contributed by atoms with van der Waals surface area (Å²) >= 11 is 0. The lowest BCUT2D eigenvalue weighted by Gasteiger charge is -2.40. The Morgan fingerprint density at radius 1 is 0.586 bits per heavy atom. The molecule has 9 unspecified atom stereocenters. The van der Waals surface area contributed by atoms with Crippen LogP contribution in [0.15, 0.2) is 12.2 Å². The number of amides is 1. The van der Waals surface area contributed by atoms with Gasteiger partial charge in [0.1, 0.15) is 36.6 Å². The number of hydrogen-bond acceptors (Lipinski definition) is 10. The number of carbonyl (C=O) groups is 1. The molecule has 0 aromatic heterocycles. The van der Waals surface area contributed by atoms with Gasteiger partial charge in [0.15, 0.2) is 6.29 Å². The summed E-state index contributed by atoms with van der Waals surface area (Å²) in [4.78, 5) is 13.1. The maximum absolute atomic E-state index is 13.1. The van der Waals surface area contributed by atoms with E-state index in [2.05, 4.69) is 31.3 Å². The number of aliphatic hydroxyl groups is 7. The molecule has 0 aromatic carbocycles. The molecule has 1 rings (SSSR count). The highest BCUT2D eigenvalue weighted by Gasteiger charge is 2.44. The van der Waals surface area contributed by atoms with Crippen LogP contribution in [0.3, 0.4) is 0 Å². The van der Waals surface area contributed by atoms with E-state index in [-0.39, 0.29) is 12.8 Å². The van der Waals surface area contributed by atoms with E-state index in [4.69, 9.17) is 9.47 Å². The van der Waals surface area contributed by atoms with E-state index in [0.29, 0.717) is 12.8 Å². The van der Waals surface area contributed by atoms with Crippen LogP contribution in [-0.4, -0.2) is 110 Å². The summed E-state index contributed by atoms with van der Waals surface area (Å²) in [6.07, 6.45) is 28.3. The van der Waals surface area contributed by atoms with Gasteiger partial charge < -0.3 is 50.5 Å². The fraction of sp³-hybridized carbons (Fsp3) is 0.936. The molecule has 1 heterocycles. The average Bonchev–Trinajstić information content (AvgIpc) is 3.22. The summed E-state index contributed by atoms with van der Waals surface area (Å²) in [5.41, 5.74) is 0. The lowest BCUT2D eigenvalue weighted by atomic mass is 9.98. The predicted octanol–water partition coefficient (Wildman–Crippen LogP) is 8.06. The summed E-state index contributed by atoms with van der Waals surface area (Å²) in [6, 6.07) is -1.18. The fourth-order valence-corrected chi connectivity index (χ4v) is 7.79. The predicted molar refractivity (Wildman–Crippen MR) is 233 cm³/mol. The molecule has 0 aliphatic carbocycles. The van der Waals surface area contributed by atoms with Crippen LogP contribution in [0.2, 0.25) is 0 Å². The van der Waals surface area contributed by atoms with E-state index in [1.165, 1.54) is 135 Å². The van der Waals surface area contributed by atoms with E-state index < -0.39 is 74.2 Å². The van der Waals surface area contributed by atoms with E-state index >= 15 is 0 Å². The molecule has 344 valence electrons. The molecule has 1 fully saturated rings. The third kappa shape index (κ3) is 26.9. The number of unbranched alkanes of at least 4 members (excludes halogenated alkanes) is 26. The van der Waals surface area contributed by atoms with Crippen molar-refractivity contribution >= 4 is 5.91 Å². The van der Waals surface area contributed by atoms with Gasteiger partial charge in [-0.1, -0.05) is 187 Å². The molecule has 1 amide bonds. The van der Waals surface area contributed by atoms with Crippen molar-refractivity contribution in [2.75, 3.05) is 13.2 Å². The SMILES string of the molecule is CCCCCCCCCCCCCCC/C=C/CCCC(O)C(O)C(COC1OC(CO)C(O)C(O)C1O)NC(=O)C(O)CCCCCCCCCCCCCCC. The van der Waals surface area contributed by atoms with Gasteiger partial charge in [-0.2, -0.15) is 0 Å². The van der Waals surface area contributed by atoms with Crippen molar-refractivity contribution in [3.63, 3.8) is 0 Å².